The molecule has 0 bridgehead atoms. The summed E-state index contributed by atoms with van der Waals surface area (Å²) in [5, 5.41) is 3.46. The third kappa shape index (κ3) is 3.20. The fourth-order valence-corrected chi connectivity index (χ4v) is 1.87. The molecule has 2 rings (SSSR count). The first kappa shape index (κ1) is 13.7. The molecule has 0 radical (unpaired) electrons. The molecule has 0 aromatic heterocycles. The number of anilines is 1. The fourth-order valence-electron chi connectivity index (χ4n) is 1.68. The van der Waals surface area contributed by atoms with Gasteiger partial charge in [-0.25, -0.2) is 13.2 Å². The minimum absolute atomic E-state index is 0.150. The molecule has 0 unspecified atom stereocenters. The minimum Gasteiger partial charge on any atom is -0.380 e. The molecule has 5 heteroatoms. The van der Waals surface area contributed by atoms with Crippen LogP contribution in [0.3, 0.4) is 0 Å². The van der Waals surface area contributed by atoms with Crippen LogP contribution < -0.4 is 5.32 Å². The molecule has 0 fully saturated rings. The number of benzene rings is 2. The van der Waals surface area contributed by atoms with Crippen LogP contribution in [0.4, 0.5) is 18.9 Å². The Kier molecular flexibility index (Phi) is 4.00. The molecule has 1 N–H and O–H groups in total. The topological polar surface area (TPSA) is 12.0 Å². The Morgan fingerprint density at radius 2 is 1.68 bits per heavy atom. The maximum atomic E-state index is 13.0. The van der Waals surface area contributed by atoms with Crippen LogP contribution in [0.15, 0.2) is 30.3 Å². The third-order valence-corrected chi connectivity index (χ3v) is 2.98. The zero-order chi connectivity index (χ0) is 14.0. The third-order valence-electron chi connectivity index (χ3n) is 2.65. The molecule has 2 aromatic rings. The van der Waals surface area contributed by atoms with Crippen molar-refractivity contribution in [2.75, 3.05) is 5.32 Å². The first-order chi connectivity index (χ1) is 8.97. The van der Waals surface area contributed by atoms with Gasteiger partial charge in [0.15, 0.2) is 17.5 Å². The zero-order valence-electron chi connectivity index (χ0n) is 10.1. The molecule has 0 saturated heterocycles. The van der Waals surface area contributed by atoms with Gasteiger partial charge in [0.25, 0.3) is 0 Å². The highest BCUT2D eigenvalue weighted by Gasteiger charge is 2.10. The molecule has 100 valence electrons. The number of hydrogen-bond donors (Lipinski definition) is 1. The van der Waals surface area contributed by atoms with Gasteiger partial charge in [0, 0.05) is 6.54 Å². The molecule has 2 aromatic carbocycles. The average Bonchev–Trinajstić information content (AvgIpc) is 2.37. The number of halogens is 4. The van der Waals surface area contributed by atoms with Crippen LogP contribution in [0, 0.1) is 24.4 Å². The van der Waals surface area contributed by atoms with Gasteiger partial charge in [-0.1, -0.05) is 17.7 Å². The van der Waals surface area contributed by atoms with Crippen molar-refractivity contribution in [2.24, 2.45) is 0 Å². The van der Waals surface area contributed by atoms with Gasteiger partial charge in [0.2, 0.25) is 0 Å². The first-order valence-electron chi connectivity index (χ1n) is 5.61. The Labute approximate surface area is 114 Å². The van der Waals surface area contributed by atoms with Crippen molar-refractivity contribution in [2.45, 2.75) is 13.5 Å². The molecule has 0 atom stereocenters. The van der Waals surface area contributed by atoms with Gasteiger partial charge in [0.1, 0.15) is 0 Å². The van der Waals surface area contributed by atoms with E-state index in [2.05, 4.69) is 5.32 Å². The molecule has 0 aliphatic heterocycles. The van der Waals surface area contributed by atoms with E-state index < -0.39 is 17.5 Å². The van der Waals surface area contributed by atoms with E-state index in [1.54, 1.807) is 6.07 Å². The summed E-state index contributed by atoms with van der Waals surface area (Å²) in [6.07, 6.45) is 0. The largest absolute Gasteiger partial charge is 0.380 e. The normalized spacial score (nSPS) is 10.6. The average molecular weight is 286 g/mol. The fraction of sp³-hybridized carbons (Fsp3) is 0.143. The van der Waals surface area contributed by atoms with Gasteiger partial charge in [-0.3, -0.25) is 0 Å². The van der Waals surface area contributed by atoms with Crippen LogP contribution >= 0.6 is 11.6 Å². The summed E-state index contributed by atoms with van der Waals surface area (Å²) in [6.45, 7) is 2.05. The lowest BCUT2D eigenvalue weighted by molar-refractivity contribution is 0.445. The van der Waals surface area contributed by atoms with Gasteiger partial charge >= 0.3 is 0 Å². The van der Waals surface area contributed by atoms with Crippen LogP contribution in [0.25, 0.3) is 0 Å². The molecule has 0 spiro atoms. The van der Waals surface area contributed by atoms with Crippen LogP contribution in [0.5, 0.6) is 0 Å². The van der Waals surface area contributed by atoms with Crippen molar-refractivity contribution < 1.29 is 13.2 Å². The number of nitrogens with one attached hydrogen (secondary N) is 1. The molecule has 19 heavy (non-hydrogen) atoms. The Hall–Kier alpha value is -1.68. The summed E-state index contributed by atoms with van der Waals surface area (Å²) in [7, 11) is 0. The summed E-state index contributed by atoms with van der Waals surface area (Å²) in [5.74, 6) is -3.86. The van der Waals surface area contributed by atoms with E-state index in [4.69, 9.17) is 11.6 Å². The van der Waals surface area contributed by atoms with Crippen LogP contribution in [0.1, 0.15) is 11.1 Å². The highest BCUT2D eigenvalue weighted by molar-refractivity contribution is 6.33. The van der Waals surface area contributed by atoms with Gasteiger partial charge in [0.05, 0.1) is 10.7 Å². The van der Waals surface area contributed by atoms with E-state index >= 15 is 0 Å². The van der Waals surface area contributed by atoms with Gasteiger partial charge in [-0.15, -0.1) is 0 Å². The maximum absolute atomic E-state index is 13.0. The molecule has 1 nitrogen and oxygen atoms in total. The monoisotopic (exact) mass is 285 g/mol. The van der Waals surface area contributed by atoms with Crippen LogP contribution in [-0.4, -0.2) is 0 Å². The van der Waals surface area contributed by atoms with Gasteiger partial charge in [-0.2, -0.15) is 0 Å². The van der Waals surface area contributed by atoms with Gasteiger partial charge in [-0.05, 0) is 42.3 Å². The first-order valence-corrected chi connectivity index (χ1v) is 5.98. The van der Waals surface area contributed by atoms with Crippen molar-refractivity contribution in [1.82, 2.24) is 0 Å². The van der Waals surface area contributed by atoms with Crippen LogP contribution in [-0.2, 0) is 6.54 Å². The zero-order valence-corrected chi connectivity index (χ0v) is 10.9. The van der Waals surface area contributed by atoms with E-state index in [9.17, 15) is 13.2 Å². The Balaban J connectivity index is 2.17. The summed E-state index contributed by atoms with van der Waals surface area (Å²) in [6, 6.07) is 7.30. The molecular weight excluding hydrogens is 275 g/mol. The van der Waals surface area contributed by atoms with Crippen molar-refractivity contribution >= 4 is 17.3 Å². The predicted molar refractivity (Wildman–Crippen MR) is 69.8 cm³/mol. The van der Waals surface area contributed by atoms with Crippen molar-refractivity contribution in [1.29, 1.82) is 0 Å². The van der Waals surface area contributed by atoms with E-state index in [1.165, 1.54) is 0 Å². The Bertz CT molecular complexity index is 591. The predicted octanol–water partition coefficient (Wildman–Crippen LogP) is 4.68. The summed E-state index contributed by atoms with van der Waals surface area (Å²) in [4.78, 5) is 0. The molecular formula is C14H11ClF3N. The minimum atomic E-state index is -1.46. The smallest absolute Gasteiger partial charge is 0.194 e. The Morgan fingerprint density at radius 1 is 1.05 bits per heavy atom. The second-order valence-electron chi connectivity index (χ2n) is 4.21. The van der Waals surface area contributed by atoms with E-state index in [1.807, 2.05) is 19.1 Å². The Morgan fingerprint density at radius 3 is 2.32 bits per heavy atom. The highest BCUT2D eigenvalue weighted by Crippen LogP contribution is 2.23. The molecule has 0 amide bonds. The highest BCUT2D eigenvalue weighted by atomic mass is 35.5. The number of hydrogen-bond acceptors (Lipinski definition) is 1. The van der Waals surface area contributed by atoms with E-state index in [0.29, 0.717) is 16.3 Å². The summed E-state index contributed by atoms with van der Waals surface area (Å²) < 4.78 is 38.9. The summed E-state index contributed by atoms with van der Waals surface area (Å²) in [5.41, 5.74) is 1.96. The molecule has 0 heterocycles. The van der Waals surface area contributed by atoms with E-state index in [0.717, 1.165) is 17.7 Å². The second-order valence-corrected chi connectivity index (χ2v) is 4.62. The maximum Gasteiger partial charge on any atom is 0.194 e. The standard InChI is InChI=1S/C14H11ClF3N/c1-8-2-3-10(15)13(4-8)19-7-9-5-11(16)14(18)12(17)6-9/h2-6,19H,7H2,1H3. The van der Waals surface area contributed by atoms with Gasteiger partial charge < -0.3 is 5.32 Å². The van der Waals surface area contributed by atoms with Crippen molar-refractivity contribution in [3.05, 3.63) is 63.9 Å². The number of aryl methyl sites for hydroxylation is 1. The lowest BCUT2D eigenvalue weighted by Gasteiger charge is -2.10. The second kappa shape index (κ2) is 5.53. The lowest BCUT2D eigenvalue weighted by atomic mass is 10.2. The number of rotatable bonds is 3. The molecule has 0 saturated carbocycles. The molecule has 0 aliphatic carbocycles. The van der Waals surface area contributed by atoms with E-state index in [-0.39, 0.29) is 6.54 Å². The quantitative estimate of drug-likeness (QED) is 0.808. The SMILES string of the molecule is Cc1ccc(Cl)c(NCc2cc(F)c(F)c(F)c2)c1. The lowest BCUT2D eigenvalue weighted by Crippen LogP contribution is -2.03. The van der Waals surface area contributed by atoms with Crippen molar-refractivity contribution in [3.63, 3.8) is 0 Å². The molecule has 0 aliphatic rings. The summed E-state index contributed by atoms with van der Waals surface area (Å²) >= 11 is 5.98. The van der Waals surface area contributed by atoms with Crippen molar-refractivity contribution in [3.8, 4) is 0 Å². The van der Waals surface area contributed by atoms with Crippen LogP contribution in [0.2, 0.25) is 5.02 Å².